The van der Waals surface area contributed by atoms with Crippen molar-refractivity contribution in [2.75, 3.05) is 5.75 Å². The molecule has 0 N–H and O–H groups in total. The predicted molar refractivity (Wildman–Crippen MR) is 96.9 cm³/mol. The second kappa shape index (κ2) is 8.15. The number of hydrogen-bond donors (Lipinski definition) is 0. The van der Waals surface area contributed by atoms with Gasteiger partial charge in [-0.3, -0.25) is 4.79 Å². The minimum atomic E-state index is -4.72. The molecule has 146 valence electrons. The summed E-state index contributed by atoms with van der Waals surface area (Å²) in [6, 6.07) is 14.9. The van der Waals surface area contributed by atoms with E-state index in [4.69, 9.17) is 0 Å². The lowest BCUT2D eigenvalue weighted by Crippen LogP contribution is -2.21. The quantitative estimate of drug-likeness (QED) is 0.445. The van der Waals surface area contributed by atoms with Crippen molar-refractivity contribution >= 4 is 17.0 Å². The fourth-order valence-electron chi connectivity index (χ4n) is 2.47. The van der Waals surface area contributed by atoms with E-state index in [1.165, 1.54) is 24.3 Å². The molecule has 1 heterocycles. The molecule has 9 heteroatoms. The van der Waals surface area contributed by atoms with Crippen LogP contribution in [0.15, 0.2) is 59.1 Å². The van der Waals surface area contributed by atoms with Gasteiger partial charge in [0.2, 0.25) is 11.6 Å². The minimum absolute atomic E-state index is 0.157. The highest BCUT2D eigenvalue weighted by molar-refractivity contribution is 7.92. The van der Waals surface area contributed by atoms with Crippen LogP contribution in [-0.2, 0) is 17.4 Å². The first-order valence-electron chi connectivity index (χ1n) is 8.22. The number of Topliss-reactive ketones (excluding diaryl/α,β-unsaturated/α-hetero) is 1. The third kappa shape index (κ3) is 4.60. The molecule has 0 saturated heterocycles. The van der Waals surface area contributed by atoms with Gasteiger partial charge in [-0.15, -0.1) is 0 Å². The van der Waals surface area contributed by atoms with Crippen LogP contribution in [0.2, 0.25) is 0 Å². The Bertz CT molecular complexity index is 943. The lowest BCUT2D eigenvalue weighted by atomic mass is 10.1. The fourth-order valence-corrected chi connectivity index (χ4v) is 3.61. The van der Waals surface area contributed by atoms with Crippen LogP contribution in [0.3, 0.4) is 0 Å². The van der Waals surface area contributed by atoms with E-state index in [-0.39, 0.29) is 28.2 Å². The number of halogens is 3. The molecule has 28 heavy (non-hydrogen) atoms. The number of rotatable bonds is 6. The van der Waals surface area contributed by atoms with Gasteiger partial charge in [0.05, 0.1) is 0 Å². The molecule has 5 nitrogen and oxygen atoms in total. The highest BCUT2D eigenvalue weighted by atomic mass is 32.2. The summed E-state index contributed by atoms with van der Waals surface area (Å²) in [7, 11) is 0. The Hall–Kier alpha value is -2.65. The summed E-state index contributed by atoms with van der Waals surface area (Å²) in [4.78, 5) is 15.7. The molecule has 0 radical (unpaired) electrons. The maximum absolute atomic E-state index is 12.5. The summed E-state index contributed by atoms with van der Waals surface area (Å²) in [6.07, 6.45) is -4.72. The molecule has 0 aliphatic carbocycles. The van der Waals surface area contributed by atoms with Crippen LogP contribution in [0.25, 0.3) is 11.4 Å². The minimum Gasteiger partial charge on any atom is -0.616 e. The highest BCUT2D eigenvalue weighted by Gasteiger charge is 2.38. The van der Waals surface area contributed by atoms with Crippen molar-refractivity contribution in [3.63, 3.8) is 0 Å². The van der Waals surface area contributed by atoms with E-state index >= 15 is 0 Å². The van der Waals surface area contributed by atoms with E-state index < -0.39 is 23.2 Å². The molecule has 0 spiro atoms. The second-order valence-electron chi connectivity index (χ2n) is 6.00. The normalized spacial score (nSPS) is 13.9. The average molecular weight is 408 g/mol. The molecule has 0 aliphatic heterocycles. The van der Waals surface area contributed by atoms with Crippen LogP contribution in [-0.4, -0.2) is 26.2 Å². The number of hydrogen-bond acceptors (Lipinski definition) is 5. The zero-order chi connectivity index (χ0) is 20.3. The maximum atomic E-state index is 12.5. The number of nitrogens with zero attached hydrogens (tertiary/aromatic N) is 2. The number of benzene rings is 2. The zero-order valence-electron chi connectivity index (χ0n) is 14.6. The number of carbonyl (C=O) groups is 1. The van der Waals surface area contributed by atoms with Crippen molar-refractivity contribution in [2.24, 2.45) is 0 Å². The Kier molecular flexibility index (Phi) is 5.85. The van der Waals surface area contributed by atoms with E-state index in [2.05, 4.69) is 14.7 Å². The highest BCUT2D eigenvalue weighted by Crippen LogP contribution is 2.29. The summed E-state index contributed by atoms with van der Waals surface area (Å²) in [5.41, 5.74) is 1.45. The molecule has 2 unspecified atom stereocenters. The number of carbonyl (C=O) groups excluding carboxylic acids is 1. The molecule has 0 bridgehead atoms. The van der Waals surface area contributed by atoms with E-state index in [1.807, 2.05) is 30.3 Å². The fraction of sp³-hybridized carbons (Fsp3) is 0.211. The van der Waals surface area contributed by atoms with E-state index in [1.54, 1.807) is 6.92 Å². The van der Waals surface area contributed by atoms with Crippen molar-refractivity contribution in [3.05, 3.63) is 71.6 Å². The van der Waals surface area contributed by atoms with Gasteiger partial charge < -0.3 is 9.08 Å². The molecule has 1 aromatic heterocycles. The Labute approximate surface area is 161 Å². The number of alkyl halides is 3. The second-order valence-corrected chi connectivity index (χ2v) is 7.76. The monoisotopic (exact) mass is 408 g/mol. The van der Waals surface area contributed by atoms with Gasteiger partial charge in [0.25, 0.3) is 0 Å². The van der Waals surface area contributed by atoms with Crippen molar-refractivity contribution < 1.29 is 27.0 Å². The van der Waals surface area contributed by atoms with Crippen molar-refractivity contribution in [1.29, 1.82) is 0 Å². The summed E-state index contributed by atoms with van der Waals surface area (Å²) in [5.74, 6) is -2.15. The number of ketones is 1. The van der Waals surface area contributed by atoms with Crippen LogP contribution < -0.4 is 0 Å². The standard InChI is InChI=1S/C19H15F3N2O3S/c1-12(13-5-3-2-4-6-13)28(26)11-16(25)14-7-9-15(10-8-14)17-23-18(27-24-17)19(20,21)22/h2-10,12H,11H2,1H3. The van der Waals surface area contributed by atoms with Crippen LogP contribution in [0, 0.1) is 0 Å². The Balaban J connectivity index is 1.67. The summed E-state index contributed by atoms with van der Waals surface area (Å²) < 4.78 is 54.2. The van der Waals surface area contributed by atoms with Gasteiger partial charge in [0.15, 0.2) is 5.75 Å². The van der Waals surface area contributed by atoms with Gasteiger partial charge in [-0.05, 0) is 18.1 Å². The molecule has 3 aromatic rings. The first-order valence-corrected chi connectivity index (χ1v) is 9.60. The van der Waals surface area contributed by atoms with Crippen molar-refractivity contribution in [2.45, 2.75) is 18.3 Å². The van der Waals surface area contributed by atoms with Gasteiger partial charge in [0, 0.05) is 16.7 Å². The molecule has 0 amide bonds. The number of aromatic nitrogens is 2. The first kappa shape index (κ1) is 20.1. The van der Waals surface area contributed by atoms with Crippen LogP contribution in [0.1, 0.15) is 34.0 Å². The molecule has 2 aromatic carbocycles. The molecule has 0 saturated carbocycles. The van der Waals surface area contributed by atoms with Gasteiger partial charge in [-0.25, -0.2) is 0 Å². The smallest absolute Gasteiger partial charge is 0.471 e. The van der Waals surface area contributed by atoms with Crippen molar-refractivity contribution in [3.8, 4) is 11.4 Å². The lowest BCUT2D eigenvalue weighted by molar-refractivity contribution is -0.159. The molecular weight excluding hydrogens is 393 g/mol. The maximum Gasteiger partial charge on any atom is 0.471 e. The Morgan fingerprint density at radius 2 is 1.79 bits per heavy atom. The molecule has 2 atom stereocenters. The molecular formula is C19H15F3N2O3S. The Morgan fingerprint density at radius 3 is 2.36 bits per heavy atom. The Morgan fingerprint density at radius 1 is 1.14 bits per heavy atom. The van der Waals surface area contributed by atoms with E-state index in [0.717, 1.165) is 5.56 Å². The SMILES string of the molecule is CC(c1ccccc1)[S+]([O-])CC(=O)c1ccc(-c2noc(C(F)(F)F)n2)cc1. The topological polar surface area (TPSA) is 79.0 Å². The molecule has 0 fully saturated rings. The average Bonchev–Trinajstić information content (AvgIpc) is 3.19. The third-order valence-corrected chi connectivity index (χ3v) is 5.68. The van der Waals surface area contributed by atoms with E-state index in [9.17, 15) is 22.5 Å². The van der Waals surface area contributed by atoms with Gasteiger partial charge in [-0.2, -0.15) is 18.2 Å². The van der Waals surface area contributed by atoms with E-state index in [0.29, 0.717) is 5.56 Å². The van der Waals surface area contributed by atoms with Crippen LogP contribution >= 0.6 is 0 Å². The lowest BCUT2D eigenvalue weighted by Gasteiger charge is -2.18. The summed E-state index contributed by atoms with van der Waals surface area (Å²) in [6.45, 7) is 1.79. The zero-order valence-corrected chi connectivity index (χ0v) is 15.5. The molecule has 3 rings (SSSR count). The van der Waals surface area contributed by atoms with Gasteiger partial charge in [0.1, 0.15) is 5.25 Å². The van der Waals surface area contributed by atoms with Crippen molar-refractivity contribution in [1.82, 2.24) is 10.1 Å². The largest absolute Gasteiger partial charge is 0.616 e. The summed E-state index contributed by atoms with van der Waals surface area (Å²) in [5, 5.41) is 2.99. The van der Waals surface area contributed by atoms with Gasteiger partial charge in [-0.1, -0.05) is 59.8 Å². The molecule has 0 aliphatic rings. The first-order chi connectivity index (χ1) is 13.3. The summed E-state index contributed by atoms with van der Waals surface area (Å²) >= 11 is -1.41. The van der Waals surface area contributed by atoms with Crippen LogP contribution in [0.5, 0.6) is 0 Å². The predicted octanol–water partition coefficient (Wildman–Crippen LogP) is 4.45. The van der Waals surface area contributed by atoms with Crippen LogP contribution in [0.4, 0.5) is 13.2 Å². The van der Waals surface area contributed by atoms with Gasteiger partial charge >= 0.3 is 12.1 Å². The third-order valence-electron chi connectivity index (χ3n) is 4.07.